The number of rotatable bonds is 12. The molecule has 0 fully saturated rings. The Bertz CT molecular complexity index is 1110. The van der Waals surface area contributed by atoms with Crippen LogP contribution >= 0.6 is 0 Å². The first-order valence-electron chi connectivity index (χ1n) is 12.1. The average molecular weight is 468 g/mol. The molecule has 1 aromatic carbocycles. The molecule has 0 radical (unpaired) electrons. The van der Waals surface area contributed by atoms with Gasteiger partial charge in [0.05, 0.1) is 29.2 Å². The monoisotopic (exact) mass is 467 g/mol. The Morgan fingerprint density at radius 3 is 2.32 bits per heavy atom. The molecule has 0 saturated carbocycles. The van der Waals surface area contributed by atoms with E-state index in [9.17, 15) is 14.4 Å². The molecule has 7 nitrogen and oxygen atoms in total. The zero-order valence-corrected chi connectivity index (χ0v) is 21.0. The van der Waals surface area contributed by atoms with Gasteiger partial charge in [-0.3, -0.25) is 19.1 Å². The molecule has 0 aliphatic heterocycles. The molecule has 1 heterocycles. The summed E-state index contributed by atoms with van der Waals surface area (Å²) in [6.45, 7) is 11.3. The third kappa shape index (κ3) is 7.18. The summed E-state index contributed by atoms with van der Waals surface area (Å²) < 4.78 is 7.10. The molecule has 0 saturated heterocycles. The number of nitriles is 1. The van der Waals surface area contributed by atoms with E-state index in [2.05, 4.69) is 32.7 Å². The Hall–Kier alpha value is -3.14. The number of H-pyrrole nitrogens is 1. The van der Waals surface area contributed by atoms with Crippen molar-refractivity contribution in [3.8, 4) is 17.2 Å². The number of hydrogen-bond donors (Lipinski definition) is 1. The van der Waals surface area contributed by atoms with Crippen molar-refractivity contribution in [2.45, 2.75) is 73.3 Å². The van der Waals surface area contributed by atoms with E-state index in [1.165, 1.54) is 4.57 Å². The quantitative estimate of drug-likeness (QED) is 0.353. The summed E-state index contributed by atoms with van der Waals surface area (Å²) in [4.78, 5) is 39.5. The van der Waals surface area contributed by atoms with E-state index < -0.39 is 16.7 Å². The summed E-state index contributed by atoms with van der Waals surface area (Å²) in [6.07, 6.45) is 5.69. The molecule has 2 aromatic rings. The summed E-state index contributed by atoms with van der Waals surface area (Å²) in [6, 6.07) is 8.73. The lowest BCUT2D eigenvalue weighted by atomic mass is 9.73. The van der Waals surface area contributed by atoms with Gasteiger partial charge in [0, 0.05) is 12.7 Å². The molecule has 7 heteroatoms. The lowest BCUT2D eigenvalue weighted by molar-refractivity contribution is -0.159. The van der Waals surface area contributed by atoms with Crippen LogP contribution in [-0.2, 0) is 16.1 Å². The van der Waals surface area contributed by atoms with Gasteiger partial charge in [0.1, 0.15) is 0 Å². The molecule has 0 spiro atoms. The largest absolute Gasteiger partial charge is 0.465 e. The number of carbonyl (C=O) groups is 1. The van der Waals surface area contributed by atoms with Crippen LogP contribution in [0.25, 0.3) is 11.1 Å². The lowest BCUT2D eigenvalue weighted by Gasteiger charge is -2.32. The van der Waals surface area contributed by atoms with Crippen molar-refractivity contribution in [2.24, 2.45) is 17.3 Å². The molecule has 0 aliphatic rings. The fourth-order valence-corrected chi connectivity index (χ4v) is 4.08. The molecule has 184 valence electrons. The van der Waals surface area contributed by atoms with Crippen molar-refractivity contribution in [1.82, 2.24) is 9.55 Å². The predicted molar refractivity (Wildman–Crippen MR) is 133 cm³/mol. The fraction of sp³-hybridized carbons (Fsp3) is 0.556. The van der Waals surface area contributed by atoms with Crippen LogP contribution in [0.5, 0.6) is 0 Å². The third-order valence-corrected chi connectivity index (χ3v) is 6.44. The van der Waals surface area contributed by atoms with Crippen molar-refractivity contribution in [3.05, 3.63) is 56.9 Å². The van der Waals surface area contributed by atoms with Crippen LogP contribution in [0.15, 0.2) is 40.1 Å². The average Bonchev–Trinajstić information content (AvgIpc) is 2.79. The number of aromatic nitrogens is 2. The van der Waals surface area contributed by atoms with Gasteiger partial charge in [-0.15, -0.1) is 0 Å². The maximum Gasteiger partial charge on any atom is 0.328 e. The van der Waals surface area contributed by atoms with Crippen molar-refractivity contribution < 1.29 is 9.53 Å². The van der Waals surface area contributed by atoms with E-state index in [-0.39, 0.29) is 11.9 Å². The molecular formula is C27H37N3O4. The highest BCUT2D eigenvalue weighted by Gasteiger charge is 2.38. The molecule has 0 aliphatic carbocycles. The van der Waals surface area contributed by atoms with E-state index in [1.807, 2.05) is 13.0 Å². The number of ether oxygens (including phenoxy) is 1. The normalized spacial score (nSPS) is 13.0. The van der Waals surface area contributed by atoms with Crippen molar-refractivity contribution >= 4 is 5.97 Å². The summed E-state index contributed by atoms with van der Waals surface area (Å²) >= 11 is 0. The highest BCUT2D eigenvalue weighted by atomic mass is 16.5. The lowest BCUT2D eigenvalue weighted by Crippen LogP contribution is -2.36. The third-order valence-electron chi connectivity index (χ3n) is 6.44. The molecule has 0 amide bonds. The van der Waals surface area contributed by atoms with E-state index in [0.29, 0.717) is 35.8 Å². The van der Waals surface area contributed by atoms with Gasteiger partial charge in [0.2, 0.25) is 0 Å². The van der Waals surface area contributed by atoms with Crippen LogP contribution in [0, 0.1) is 28.6 Å². The van der Waals surface area contributed by atoms with Crippen LogP contribution in [-0.4, -0.2) is 22.1 Å². The number of aromatic amines is 1. The van der Waals surface area contributed by atoms with Gasteiger partial charge in [-0.2, -0.15) is 5.26 Å². The van der Waals surface area contributed by atoms with Gasteiger partial charge in [-0.05, 0) is 62.1 Å². The minimum atomic E-state index is -0.466. The molecule has 1 N–H and O–H groups in total. The number of unbranched alkanes of at least 4 members (excludes halogenated alkanes) is 3. The molecule has 1 atom stereocenters. The second-order valence-electron chi connectivity index (χ2n) is 9.90. The van der Waals surface area contributed by atoms with Crippen molar-refractivity contribution in [2.75, 3.05) is 6.61 Å². The second kappa shape index (κ2) is 12.4. The Morgan fingerprint density at radius 2 is 1.74 bits per heavy atom. The Labute approximate surface area is 201 Å². The van der Waals surface area contributed by atoms with Gasteiger partial charge in [0.25, 0.3) is 5.56 Å². The number of aryl methyl sites for hydroxylation is 1. The smallest absolute Gasteiger partial charge is 0.328 e. The molecule has 0 bridgehead atoms. The summed E-state index contributed by atoms with van der Waals surface area (Å²) in [5.41, 5.74) is 0.208. The summed E-state index contributed by atoms with van der Waals surface area (Å²) in [5, 5.41) is 8.94. The van der Waals surface area contributed by atoms with E-state index >= 15 is 0 Å². The predicted octanol–water partition coefficient (Wildman–Crippen LogP) is 4.89. The van der Waals surface area contributed by atoms with Gasteiger partial charge in [0.15, 0.2) is 0 Å². The van der Waals surface area contributed by atoms with E-state index in [4.69, 9.17) is 10.00 Å². The van der Waals surface area contributed by atoms with Crippen LogP contribution in [0.4, 0.5) is 0 Å². The first-order chi connectivity index (χ1) is 16.1. The zero-order valence-electron chi connectivity index (χ0n) is 21.0. The summed E-state index contributed by atoms with van der Waals surface area (Å²) in [5.74, 6) is 0.521. The van der Waals surface area contributed by atoms with E-state index in [1.54, 1.807) is 30.5 Å². The number of nitrogens with zero attached hydrogens (tertiary/aromatic N) is 2. The number of carbonyl (C=O) groups excluding carboxylic acids is 1. The number of esters is 1. The van der Waals surface area contributed by atoms with Crippen LogP contribution in [0.3, 0.4) is 0 Å². The maximum absolute atomic E-state index is 12.7. The first-order valence-corrected chi connectivity index (χ1v) is 12.1. The highest BCUT2D eigenvalue weighted by molar-refractivity contribution is 5.76. The Morgan fingerprint density at radius 1 is 1.09 bits per heavy atom. The Balaban J connectivity index is 1.84. The second-order valence-corrected chi connectivity index (χ2v) is 9.90. The molecule has 34 heavy (non-hydrogen) atoms. The topological polar surface area (TPSA) is 105 Å². The Kier molecular flexibility index (Phi) is 9.85. The van der Waals surface area contributed by atoms with Crippen molar-refractivity contribution in [1.29, 1.82) is 5.26 Å². The minimum absolute atomic E-state index is 0.119. The van der Waals surface area contributed by atoms with Crippen LogP contribution in [0.2, 0.25) is 0 Å². The first kappa shape index (κ1) is 27.1. The van der Waals surface area contributed by atoms with Crippen LogP contribution in [0.1, 0.15) is 72.3 Å². The molecular weight excluding hydrogens is 430 g/mol. The summed E-state index contributed by atoms with van der Waals surface area (Å²) in [7, 11) is 0. The number of benzene rings is 1. The van der Waals surface area contributed by atoms with Crippen molar-refractivity contribution in [3.63, 3.8) is 0 Å². The standard InChI is InChI=1S/C27H37N3O4/c1-19(2)16-27(5,20(3)4)25(32)34-15-9-7-6-8-14-30-18-23(24(31)29-26(30)33)22-12-10-21(17-28)11-13-22/h10-13,18-20H,6-9,14-16H2,1-5H3,(H,29,31,33). The number of nitrogens with one attached hydrogen (secondary N) is 1. The molecule has 1 unspecified atom stereocenters. The molecule has 2 rings (SSSR count). The van der Waals surface area contributed by atoms with Gasteiger partial charge in [-0.25, -0.2) is 4.79 Å². The number of hydrogen-bond acceptors (Lipinski definition) is 5. The van der Waals surface area contributed by atoms with Gasteiger partial charge < -0.3 is 4.74 Å². The SMILES string of the molecule is CC(C)CC(C)(C(=O)OCCCCCCn1cc(-c2ccc(C#N)cc2)c(=O)[nH]c1=O)C(C)C. The van der Waals surface area contributed by atoms with E-state index in [0.717, 1.165) is 32.1 Å². The maximum atomic E-state index is 12.7. The highest BCUT2D eigenvalue weighted by Crippen LogP contribution is 2.35. The van der Waals surface area contributed by atoms with Crippen LogP contribution < -0.4 is 11.2 Å². The molecule has 1 aromatic heterocycles. The van der Waals surface area contributed by atoms with Gasteiger partial charge >= 0.3 is 11.7 Å². The van der Waals surface area contributed by atoms with Gasteiger partial charge in [-0.1, -0.05) is 46.2 Å². The minimum Gasteiger partial charge on any atom is -0.465 e. The zero-order chi connectivity index (χ0) is 25.3. The fourth-order valence-electron chi connectivity index (χ4n) is 4.08.